The molecule has 1 atom stereocenters. The summed E-state index contributed by atoms with van der Waals surface area (Å²) < 4.78 is 5.30. The van der Waals surface area contributed by atoms with E-state index in [0.29, 0.717) is 25.6 Å². The van der Waals surface area contributed by atoms with Crippen LogP contribution in [-0.4, -0.2) is 66.0 Å². The van der Waals surface area contributed by atoms with Gasteiger partial charge in [-0.15, -0.1) is 0 Å². The SMILES string of the molecule is CC(C)C[C@H]1COC(=O)N1C1CCN(C(=O)CNC(=O)Cc2ccc3ccccc3c2)CC1. The van der Waals surface area contributed by atoms with Crippen LogP contribution in [-0.2, 0) is 20.7 Å². The Bertz CT molecular complexity index is 1010. The minimum absolute atomic E-state index is 0.00118. The highest BCUT2D eigenvalue weighted by Gasteiger charge is 2.39. The van der Waals surface area contributed by atoms with Crippen LogP contribution in [0.3, 0.4) is 0 Å². The van der Waals surface area contributed by atoms with E-state index < -0.39 is 0 Å². The monoisotopic (exact) mass is 451 g/mol. The van der Waals surface area contributed by atoms with Crippen molar-refractivity contribution in [2.24, 2.45) is 5.92 Å². The summed E-state index contributed by atoms with van der Waals surface area (Å²) >= 11 is 0. The lowest BCUT2D eigenvalue weighted by Gasteiger charge is -2.38. The Kier molecular flexibility index (Phi) is 7.16. The number of nitrogens with one attached hydrogen (secondary N) is 1. The van der Waals surface area contributed by atoms with Crippen molar-refractivity contribution in [1.29, 1.82) is 0 Å². The van der Waals surface area contributed by atoms with E-state index in [1.807, 2.05) is 47.4 Å². The van der Waals surface area contributed by atoms with E-state index in [1.165, 1.54) is 0 Å². The molecule has 0 aromatic heterocycles. The molecule has 0 radical (unpaired) electrons. The van der Waals surface area contributed by atoms with Crippen LogP contribution in [0.2, 0.25) is 0 Å². The number of ether oxygens (including phenoxy) is 1. The van der Waals surface area contributed by atoms with Gasteiger partial charge in [0.1, 0.15) is 6.61 Å². The molecular formula is C26H33N3O4. The summed E-state index contributed by atoms with van der Waals surface area (Å²) in [5.41, 5.74) is 0.924. The molecule has 2 fully saturated rings. The maximum atomic E-state index is 12.6. The van der Waals surface area contributed by atoms with Crippen LogP contribution in [0.4, 0.5) is 4.79 Å². The third-order valence-corrected chi connectivity index (χ3v) is 6.57. The van der Waals surface area contributed by atoms with Gasteiger partial charge in [-0.05, 0) is 41.5 Å². The molecule has 2 aromatic rings. The molecular weight excluding hydrogens is 418 g/mol. The third-order valence-electron chi connectivity index (χ3n) is 6.57. The molecule has 2 heterocycles. The van der Waals surface area contributed by atoms with E-state index in [4.69, 9.17) is 4.74 Å². The number of hydrogen-bond donors (Lipinski definition) is 1. The number of likely N-dealkylation sites (tertiary alicyclic amines) is 1. The van der Waals surface area contributed by atoms with E-state index in [-0.39, 0.29) is 43.0 Å². The predicted molar refractivity (Wildman–Crippen MR) is 127 cm³/mol. The zero-order valence-electron chi connectivity index (χ0n) is 19.5. The first-order valence-electron chi connectivity index (χ1n) is 11.9. The second-order valence-electron chi connectivity index (χ2n) is 9.51. The fraction of sp³-hybridized carbons (Fsp3) is 0.500. The summed E-state index contributed by atoms with van der Waals surface area (Å²) in [5, 5.41) is 5.00. The van der Waals surface area contributed by atoms with Crippen LogP contribution >= 0.6 is 0 Å². The first-order valence-corrected chi connectivity index (χ1v) is 11.9. The highest BCUT2D eigenvalue weighted by Crippen LogP contribution is 2.27. The van der Waals surface area contributed by atoms with Crippen LogP contribution in [0.5, 0.6) is 0 Å². The fourth-order valence-electron chi connectivity index (χ4n) is 4.92. The van der Waals surface area contributed by atoms with Gasteiger partial charge in [0.05, 0.1) is 19.0 Å². The standard InChI is InChI=1S/C26H33N3O4/c1-18(2)13-23-17-33-26(32)29(23)22-9-11-28(12-10-22)25(31)16-27-24(30)15-19-7-8-20-5-3-4-6-21(20)14-19/h3-8,14,18,22-23H,9-13,15-17H2,1-2H3,(H,27,30)/t23-/m0/s1. The summed E-state index contributed by atoms with van der Waals surface area (Å²) in [6.07, 6.45) is 2.41. The number of piperidine rings is 1. The number of fused-ring (bicyclic) bond motifs is 1. The highest BCUT2D eigenvalue weighted by molar-refractivity contribution is 5.88. The van der Waals surface area contributed by atoms with Gasteiger partial charge in [-0.3, -0.25) is 14.5 Å². The molecule has 3 amide bonds. The first kappa shape index (κ1) is 23.1. The molecule has 0 aliphatic carbocycles. The Balaban J connectivity index is 1.23. The smallest absolute Gasteiger partial charge is 0.410 e. The van der Waals surface area contributed by atoms with E-state index in [2.05, 4.69) is 19.2 Å². The fourth-order valence-corrected chi connectivity index (χ4v) is 4.92. The molecule has 176 valence electrons. The molecule has 2 saturated heterocycles. The van der Waals surface area contributed by atoms with Crippen LogP contribution in [0.15, 0.2) is 42.5 Å². The quantitative estimate of drug-likeness (QED) is 0.700. The largest absolute Gasteiger partial charge is 0.447 e. The molecule has 2 aliphatic heterocycles. The number of carbonyl (C=O) groups excluding carboxylic acids is 3. The molecule has 33 heavy (non-hydrogen) atoms. The Labute approximate surface area is 195 Å². The maximum Gasteiger partial charge on any atom is 0.410 e. The van der Waals surface area contributed by atoms with Crippen molar-refractivity contribution in [2.45, 2.75) is 51.6 Å². The first-order chi connectivity index (χ1) is 15.9. The molecule has 1 N–H and O–H groups in total. The Morgan fingerprint density at radius 3 is 2.55 bits per heavy atom. The lowest BCUT2D eigenvalue weighted by molar-refractivity contribution is -0.134. The van der Waals surface area contributed by atoms with Crippen molar-refractivity contribution < 1.29 is 19.1 Å². The number of carbonyl (C=O) groups is 3. The molecule has 7 nitrogen and oxygen atoms in total. The van der Waals surface area contributed by atoms with Gasteiger partial charge in [0, 0.05) is 19.1 Å². The summed E-state index contributed by atoms with van der Waals surface area (Å²) in [4.78, 5) is 41.0. The zero-order chi connectivity index (χ0) is 23.4. The van der Waals surface area contributed by atoms with E-state index >= 15 is 0 Å². The lowest BCUT2D eigenvalue weighted by atomic mass is 9.98. The van der Waals surface area contributed by atoms with Crippen molar-refractivity contribution in [2.75, 3.05) is 26.2 Å². The van der Waals surface area contributed by atoms with Crippen LogP contribution in [0.1, 0.15) is 38.7 Å². The Hall–Kier alpha value is -3.09. The number of benzene rings is 2. The number of cyclic esters (lactones) is 1. The molecule has 7 heteroatoms. The summed E-state index contributed by atoms with van der Waals surface area (Å²) in [7, 11) is 0. The van der Waals surface area contributed by atoms with Gasteiger partial charge < -0.3 is 15.0 Å². The van der Waals surface area contributed by atoms with Gasteiger partial charge in [0.15, 0.2) is 0 Å². The van der Waals surface area contributed by atoms with Crippen molar-refractivity contribution in [3.8, 4) is 0 Å². The average molecular weight is 452 g/mol. The second-order valence-corrected chi connectivity index (χ2v) is 9.51. The van der Waals surface area contributed by atoms with Crippen molar-refractivity contribution in [3.63, 3.8) is 0 Å². The number of rotatable bonds is 7. The van der Waals surface area contributed by atoms with E-state index in [0.717, 1.165) is 35.6 Å². The number of nitrogens with zero attached hydrogens (tertiary/aromatic N) is 2. The van der Waals surface area contributed by atoms with E-state index in [1.54, 1.807) is 4.90 Å². The van der Waals surface area contributed by atoms with Crippen LogP contribution in [0, 0.1) is 5.92 Å². The van der Waals surface area contributed by atoms with Gasteiger partial charge in [0.25, 0.3) is 0 Å². The van der Waals surface area contributed by atoms with E-state index in [9.17, 15) is 14.4 Å². The maximum absolute atomic E-state index is 12.6. The lowest BCUT2D eigenvalue weighted by Crippen LogP contribution is -2.51. The summed E-state index contributed by atoms with van der Waals surface area (Å²) in [6.45, 7) is 5.93. The van der Waals surface area contributed by atoms with Crippen LogP contribution in [0.25, 0.3) is 10.8 Å². The summed E-state index contributed by atoms with van der Waals surface area (Å²) in [6, 6.07) is 14.2. The van der Waals surface area contributed by atoms with Crippen molar-refractivity contribution in [1.82, 2.24) is 15.1 Å². The molecule has 0 bridgehead atoms. The minimum atomic E-state index is -0.230. The normalized spacial score (nSPS) is 19.2. The molecule has 2 aromatic carbocycles. The van der Waals surface area contributed by atoms with Crippen LogP contribution < -0.4 is 5.32 Å². The van der Waals surface area contributed by atoms with Gasteiger partial charge in [0.2, 0.25) is 11.8 Å². The molecule has 2 aliphatic rings. The van der Waals surface area contributed by atoms with Gasteiger partial charge in [-0.2, -0.15) is 0 Å². The number of amides is 3. The van der Waals surface area contributed by atoms with Crippen molar-refractivity contribution in [3.05, 3.63) is 48.0 Å². The second kappa shape index (κ2) is 10.2. The predicted octanol–water partition coefficient (Wildman–Crippen LogP) is 3.36. The Morgan fingerprint density at radius 1 is 1.09 bits per heavy atom. The Morgan fingerprint density at radius 2 is 1.82 bits per heavy atom. The number of hydrogen-bond acceptors (Lipinski definition) is 4. The molecule has 0 spiro atoms. The van der Waals surface area contributed by atoms with Gasteiger partial charge in [-0.1, -0.05) is 56.3 Å². The molecule has 0 saturated carbocycles. The third kappa shape index (κ3) is 5.64. The minimum Gasteiger partial charge on any atom is -0.447 e. The molecule has 4 rings (SSSR count). The molecule has 0 unspecified atom stereocenters. The summed E-state index contributed by atoms with van der Waals surface area (Å²) in [5.74, 6) is 0.250. The highest BCUT2D eigenvalue weighted by atomic mass is 16.6. The average Bonchev–Trinajstić information content (AvgIpc) is 3.16. The van der Waals surface area contributed by atoms with Gasteiger partial charge >= 0.3 is 6.09 Å². The van der Waals surface area contributed by atoms with Crippen molar-refractivity contribution >= 4 is 28.7 Å². The van der Waals surface area contributed by atoms with Gasteiger partial charge in [-0.25, -0.2) is 4.79 Å². The zero-order valence-corrected chi connectivity index (χ0v) is 19.5. The topological polar surface area (TPSA) is 79.0 Å².